The minimum atomic E-state index is 0. The molecule has 0 radical (unpaired) electrons. The van der Waals surface area contributed by atoms with Gasteiger partial charge in [-0.05, 0) is 26.7 Å². The van der Waals surface area contributed by atoms with Crippen molar-refractivity contribution in [3.05, 3.63) is 0 Å². The van der Waals surface area contributed by atoms with Gasteiger partial charge in [0.15, 0.2) is 0 Å². The van der Waals surface area contributed by atoms with Crippen molar-refractivity contribution in [3.63, 3.8) is 0 Å². The Bertz CT molecular complexity index is 42.1. The second kappa shape index (κ2) is 22.6. The summed E-state index contributed by atoms with van der Waals surface area (Å²) in [4.78, 5) is 0. The first-order chi connectivity index (χ1) is 5.83. The number of ether oxygens (including phenoxy) is 2. The molecule has 2 N–H and O–H groups in total. The maximum Gasteiger partial charge on any atom is 0.0463 e. The minimum absolute atomic E-state index is 0. The van der Waals surface area contributed by atoms with Crippen molar-refractivity contribution < 1.29 is 14.9 Å². The first kappa shape index (κ1) is 18.6. The van der Waals surface area contributed by atoms with Crippen LogP contribution in [0.2, 0.25) is 0 Å². The van der Waals surface area contributed by atoms with Gasteiger partial charge in [0.25, 0.3) is 0 Å². The summed E-state index contributed by atoms with van der Waals surface area (Å²) in [5, 5.41) is 0. The predicted octanol–water partition coefficient (Wildman–Crippen LogP) is 2.04. The van der Waals surface area contributed by atoms with Gasteiger partial charge in [-0.1, -0.05) is 13.8 Å². The molecule has 0 atom stereocenters. The fourth-order valence-corrected chi connectivity index (χ4v) is 0.577. The summed E-state index contributed by atoms with van der Waals surface area (Å²) in [6.07, 6.45) is 2.27. The third-order valence-corrected chi connectivity index (χ3v) is 1.11. The zero-order chi connectivity index (χ0) is 9.66. The van der Waals surface area contributed by atoms with E-state index in [-0.39, 0.29) is 5.48 Å². The molecule has 3 nitrogen and oxygen atoms in total. The largest absolute Gasteiger partial charge is 0.412 e. The van der Waals surface area contributed by atoms with Crippen molar-refractivity contribution in [2.24, 2.45) is 0 Å². The molecule has 3 heteroatoms. The maximum absolute atomic E-state index is 4.98. The molecule has 0 fully saturated rings. The first-order valence-corrected chi connectivity index (χ1v) is 4.98. The van der Waals surface area contributed by atoms with Crippen LogP contribution in [0.25, 0.3) is 0 Å². The molecule has 0 heterocycles. The van der Waals surface area contributed by atoms with E-state index in [1.165, 1.54) is 0 Å². The fourth-order valence-electron chi connectivity index (χ4n) is 0.577. The highest BCUT2D eigenvalue weighted by atomic mass is 16.5. The van der Waals surface area contributed by atoms with Crippen molar-refractivity contribution in [1.82, 2.24) is 0 Å². The van der Waals surface area contributed by atoms with Crippen LogP contribution in [-0.4, -0.2) is 31.9 Å². The van der Waals surface area contributed by atoms with Crippen molar-refractivity contribution in [2.75, 3.05) is 26.4 Å². The normalized spacial score (nSPS) is 8.31. The monoisotopic (exact) mass is 194 g/mol. The lowest BCUT2D eigenvalue weighted by atomic mass is 10.5. The Morgan fingerprint density at radius 2 is 1.00 bits per heavy atom. The van der Waals surface area contributed by atoms with Gasteiger partial charge in [0.05, 0.1) is 0 Å². The molecule has 0 saturated heterocycles. The van der Waals surface area contributed by atoms with Crippen molar-refractivity contribution in [1.29, 1.82) is 0 Å². The highest BCUT2D eigenvalue weighted by Crippen LogP contribution is 1.76. The van der Waals surface area contributed by atoms with Gasteiger partial charge < -0.3 is 14.9 Å². The zero-order valence-corrected chi connectivity index (χ0v) is 9.56. The third kappa shape index (κ3) is 33.5. The van der Waals surface area contributed by atoms with Crippen LogP contribution in [0.4, 0.5) is 0 Å². The molecule has 0 bridgehead atoms. The van der Waals surface area contributed by atoms with E-state index in [4.69, 9.17) is 9.47 Å². The van der Waals surface area contributed by atoms with E-state index in [0.29, 0.717) is 0 Å². The van der Waals surface area contributed by atoms with Gasteiger partial charge in [-0.3, -0.25) is 0 Å². The second-order valence-corrected chi connectivity index (χ2v) is 2.39. The van der Waals surface area contributed by atoms with E-state index in [2.05, 4.69) is 13.8 Å². The van der Waals surface area contributed by atoms with Crippen molar-refractivity contribution in [3.8, 4) is 0 Å². The highest BCUT2D eigenvalue weighted by Gasteiger charge is 1.73. The summed E-state index contributed by atoms with van der Waals surface area (Å²) >= 11 is 0. The fraction of sp³-hybridized carbons (Fsp3) is 1.00. The number of hydrogen-bond donors (Lipinski definition) is 0. The standard InChI is InChI=1S/2C5H12O.H2O/c2*1-3-5-6-4-2;/h2*3-5H2,1-2H3;1H2. The molecule has 84 valence electrons. The minimum Gasteiger partial charge on any atom is -0.412 e. The second-order valence-electron chi connectivity index (χ2n) is 2.39. The predicted molar refractivity (Wildman–Crippen MR) is 57.2 cm³/mol. The van der Waals surface area contributed by atoms with Gasteiger partial charge in [0.1, 0.15) is 0 Å². The zero-order valence-electron chi connectivity index (χ0n) is 9.56. The van der Waals surface area contributed by atoms with E-state index < -0.39 is 0 Å². The number of hydrogen-bond acceptors (Lipinski definition) is 2. The Balaban J connectivity index is -0.000000143. The average molecular weight is 194 g/mol. The lowest BCUT2D eigenvalue weighted by molar-refractivity contribution is 0.148. The van der Waals surface area contributed by atoms with Crippen LogP contribution < -0.4 is 0 Å². The Morgan fingerprint density at radius 1 is 0.692 bits per heavy atom. The van der Waals surface area contributed by atoms with Gasteiger partial charge in [-0.15, -0.1) is 0 Å². The Morgan fingerprint density at radius 3 is 1.08 bits per heavy atom. The molecule has 0 aliphatic rings. The van der Waals surface area contributed by atoms with Crippen LogP contribution in [0, 0.1) is 0 Å². The van der Waals surface area contributed by atoms with E-state index in [9.17, 15) is 0 Å². The average Bonchev–Trinajstić information content (AvgIpc) is 2.12. The van der Waals surface area contributed by atoms with Gasteiger partial charge in [0.2, 0.25) is 0 Å². The molecular weight excluding hydrogens is 168 g/mol. The number of rotatable bonds is 6. The van der Waals surface area contributed by atoms with Crippen LogP contribution in [-0.2, 0) is 9.47 Å². The third-order valence-electron chi connectivity index (χ3n) is 1.11. The molecule has 0 rings (SSSR count). The molecule has 0 unspecified atom stereocenters. The smallest absolute Gasteiger partial charge is 0.0463 e. The van der Waals surface area contributed by atoms with E-state index in [1.54, 1.807) is 0 Å². The first-order valence-electron chi connectivity index (χ1n) is 4.98. The Hall–Kier alpha value is -0.120. The summed E-state index contributed by atoms with van der Waals surface area (Å²) in [5.74, 6) is 0. The van der Waals surface area contributed by atoms with E-state index in [1.807, 2.05) is 13.8 Å². The van der Waals surface area contributed by atoms with Crippen LogP contribution >= 0.6 is 0 Å². The van der Waals surface area contributed by atoms with Crippen LogP contribution in [0.3, 0.4) is 0 Å². The van der Waals surface area contributed by atoms with Crippen LogP contribution in [0.1, 0.15) is 40.5 Å². The molecule has 0 saturated carbocycles. The van der Waals surface area contributed by atoms with Crippen LogP contribution in [0.15, 0.2) is 0 Å². The SMILES string of the molecule is CCCOCC.CCCOCC.O. The van der Waals surface area contributed by atoms with E-state index in [0.717, 1.165) is 39.3 Å². The quantitative estimate of drug-likeness (QED) is 0.607. The van der Waals surface area contributed by atoms with E-state index >= 15 is 0 Å². The van der Waals surface area contributed by atoms with Gasteiger partial charge in [-0.2, -0.15) is 0 Å². The van der Waals surface area contributed by atoms with Crippen molar-refractivity contribution >= 4 is 0 Å². The topological polar surface area (TPSA) is 50.0 Å². The molecule has 0 aromatic carbocycles. The molecule has 0 aromatic heterocycles. The molecule has 0 amide bonds. The van der Waals surface area contributed by atoms with Gasteiger partial charge in [-0.25, -0.2) is 0 Å². The lowest BCUT2D eigenvalue weighted by Gasteiger charge is -1.91. The summed E-state index contributed by atoms with van der Waals surface area (Å²) < 4.78 is 9.97. The molecular formula is C10H26O3. The molecule has 0 aromatic rings. The molecule has 13 heavy (non-hydrogen) atoms. The maximum atomic E-state index is 4.98. The van der Waals surface area contributed by atoms with Crippen molar-refractivity contribution in [2.45, 2.75) is 40.5 Å². The van der Waals surface area contributed by atoms with Gasteiger partial charge >= 0.3 is 0 Å². The van der Waals surface area contributed by atoms with Gasteiger partial charge in [0, 0.05) is 26.4 Å². The Labute approximate surface area is 82.7 Å². The highest BCUT2D eigenvalue weighted by molar-refractivity contribution is 4.20. The summed E-state index contributed by atoms with van der Waals surface area (Å²) in [6.45, 7) is 11.8. The Kier molecular flexibility index (Phi) is 32.4. The summed E-state index contributed by atoms with van der Waals surface area (Å²) in [5.41, 5.74) is 0. The summed E-state index contributed by atoms with van der Waals surface area (Å²) in [7, 11) is 0. The summed E-state index contributed by atoms with van der Waals surface area (Å²) in [6, 6.07) is 0. The molecule has 0 aliphatic heterocycles. The lowest BCUT2D eigenvalue weighted by Crippen LogP contribution is -1.88. The molecule has 0 aliphatic carbocycles. The molecule has 0 spiro atoms. The van der Waals surface area contributed by atoms with Crippen LogP contribution in [0.5, 0.6) is 0 Å².